The quantitative estimate of drug-likeness (QED) is 0.447. The predicted octanol–water partition coefficient (Wildman–Crippen LogP) is 5.07. The highest BCUT2D eigenvalue weighted by molar-refractivity contribution is 7.33. The van der Waals surface area contributed by atoms with E-state index >= 15 is 0 Å². The summed E-state index contributed by atoms with van der Waals surface area (Å²) in [7, 11) is 0. The van der Waals surface area contributed by atoms with Gasteiger partial charge < -0.3 is 11.1 Å². The maximum absolute atomic E-state index is 12.8. The van der Waals surface area contributed by atoms with Crippen LogP contribution in [0.25, 0.3) is 19.5 Å². The van der Waals surface area contributed by atoms with Gasteiger partial charge in [-0.25, -0.2) is 0 Å². The topological polar surface area (TPSA) is 75.4 Å². The summed E-state index contributed by atoms with van der Waals surface area (Å²) in [6.45, 7) is 2.48. The lowest BCUT2D eigenvalue weighted by atomic mass is 9.97. The van der Waals surface area contributed by atoms with Crippen LogP contribution in [0.1, 0.15) is 28.1 Å². The van der Waals surface area contributed by atoms with E-state index < -0.39 is 0 Å². The number of nitrogens with one attached hydrogen (secondary N) is 1. The number of thiophene rings is 2. The highest BCUT2D eigenvalue weighted by Crippen LogP contribution is 2.39. The second kappa shape index (κ2) is 8.42. The molecule has 1 aliphatic heterocycles. The Morgan fingerprint density at radius 2 is 1.87 bits per heavy atom. The van der Waals surface area contributed by atoms with Crippen molar-refractivity contribution in [3.05, 3.63) is 65.0 Å². The number of hydrogen-bond acceptors (Lipinski definition) is 5. The number of nitrogens with two attached hydrogens (primary N) is 1. The Morgan fingerprint density at radius 1 is 1.06 bits per heavy atom. The van der Waals surface area contributed by atoms with Crippen LogP contribution in [0.2, 0.25) is 0 Å². The fraction of sp³-hybridized carbons (Fsp3) is 0.250. The van der Waals surface area contributed by atoms with Crippen LogP contribution in [0.5, 0.6) is 0 Å². The van der Waals surface area contributed by atoms with Gasteiger partial charge in [0.2, 0.25) is 5.91 Å². The number of carbonyl (C=O) groups is 2. The fourth-order valence-corrected chi connectivity index (χ4v) is 6.61. The van der Waals surface area contributed by atoms with Crippen molar-refractivity contribution in [1.82, 2.24) is 4.90 Å². The van der Waals surface area contributed by atoms with E-state index in [1.165, 1.54) is 14.8 Å². The van der Waals surface area contributed by atoms with Crippen LogP contribution in [0.15, 0.2) is 54.6 Å². The molecule has 2 aromatic heterocycles. The Labute approximate surface area is 188 Å². The molecule has 1 unspecified atom stereocenters. The molecule has 0 bridgehead atoms. The molecule has 1 aliphatic rings. The summed E-state index contributed by atoms with van der Waals surface area (Å²) in [6, 6.07) is 18.2. The van der Waals surface area contributed by atoms with E-state index in [0.717, 1.165) is 53.3 Å². The Morgan fingerprint density at radius 3 is 2.68 bits per heavy atom. The van der Waals surface area contributed by atoms with Crippen molar-refractivity contribution in [2.24, 2.45) is 11.7 Å². The zero-order valence-corrected chi connectivity index (χ0v) is 18.6. The fourth-order valence-electron chi connectivity index (χ4n) is 4.19. The lowest BCUT2D eigenvalue weighted by molar-refractivity contribution is -0.123. The van der Waals surface area contributed by atoms with Gasteiger partial charge >= 0.3 is 0 Å². The van der Waals surface area contributed by atoms with E-state index in [9.17, 15) is 9.59 Å². The Hall–Kier alpha value is -2.74. The molecule has 158 valence electrons. The first-order valence-corrected chi connectivity index (χ1v) is 12.0. The second-order valence-electron chi connectivity index (χ2n) is 8.03. The van der Waals surface area contributed by atoms with Crippen molar-refractivity contribution in [2.75, 3.05) is 18.4 Å². The van der Waals surface area contributed by atoms with Gasteiger partial charge in [0.05, 0.1) is 15.5 Å². The first-order chi connectivity index (χ1) is 15.1. The van der Waals surface area contributed by atoms with Gasteiger partial charge in [0.25, 0.3) is 5.91 Å². The Kier molecular flexibility index (Phi) is 5.48. The number of likely N-dealkylation sites (tertiary alicyclic amines) is 1. The van der Waals surface area contributed by atoms with Crippen LogP contribution < -0.4 is 11.1 Å². The molecule has 1 atom stereocenters. The van der Waals surface area contributed by atoms with E-state index in [2.05, 4.69) is 22.3 Å². The SMILES string of the molecule is NC(=O)C1CCCN(Cc2ccc(NC(=O)c3cc4sc5ccccc5c4s3)cc2)C1. The van der Waals surface area contributed by atoms with Gasteiger partial charge in [-0.1, -0.05) is 30.3 Å². The molecule has 5 rings (SSSR count). The number of rotatable bonds is 5. The Bertz CT molecular complexity index is 1260. The summed E-state index contributed by atoms with van der Waals surface area (Å²) in [6.07, 6.45) is 1.88. The Balaban J connectivity index is 1.24. The first-order valence-electron chi connectivity index (χ1n) is 10.4. The molecular formula is C24H23N3O2S2. The third-order valence-corrected chi connectivity index (χ3v) is 8.21. The average molecular weight is 450 g/mol. The number of amides is 2. The largest absolute Gasteiger partial charge is 0.369 e. The van der Waals surface area contributed by atoms with Gasteiger partial charge in [-0.05, 0) is 49.2 Å². The van der Waals surface area contributed by atoms with Crippen molar-refractivity contribution >= 4 is 59.7 Å². The van der Waals surface area contributed by atoms with Crippen molar-refractivity contribution < 1.29 is 9.59 Å². The number of anilines is 1. The molecule has 1 fully saturated rings. The molecule has 0 spiro atoms. The molecule has 5 nitrogen and oxygen atoms in total. The molecule has 3 heterocycles. The number of piperidine rings is 1. The molecule has 2 amide bonds. The van der Waals surface area contributed by atoms with Gasteiger partial charge in [0.15, 0.2) is 0 Å². The standard InChI is InChI=1S/C24H23N3O2S2/c25-23(28)16-4-3-11-27(14-16)13-15-7-9-17(10-8-15)26-24(29)21-12-20-22(31-21)18-5-1-2-6-19(18)30-20/h1-2,5-10,12,16H,3-4,11,13-14H2,(H2,25,28)(H,26,29). The average Bonchev–Trinajstić information content (AvgIpc) is 3.34. The molecule has 31 heavy (non-hydrogen) atoms. The molecule has 0 radical (unpaired) electrons. The third kappa shape index (κ3) is 4.21. The summed E-state index contributed by atoms with van der Waals surface area (Å²) in [5.41, 5.74) is 7.42. The number of benzene rings is 2. The minimum atomic E-state index is -0.204. The van der Waals surface area contributed by atoms with Crippen molar-refractivity contribution in [3.63, 3.8) is 0 Å². The molecular weight excluding hydrogens is 426 g/mol. The third-order valence-electron chi connectivity index (χ3n) is 5.80. The van der Waals surface area contributed by atoms with Gasteiger partial charge in [-0.3, -0.25) is 14.5 Å². The molecule has 3 N–H and O–H groups in total. The zero-order valence-electron chi connectivity index (χ0n) is 17.0. The van der Waals surface area contributed by atoms with Crippen molar-refractivity contribution in [2.45, 2.75) is 19.4 Å². The second-order valence-corrected chi connectivity index (χ2v) is 10.2. The van der Waals surface area contributed by atoms with Crippen LogP contribution in [-0.2, 0) is 11.3 Å². The van der Waals surface area contributed by atoms with E-state index in [4.69, 9.17) is 5.73 Å². The monoisotopic (exact) mass is 449 g/mol. The number of carbonyl (C=O) groups excluding carboxylic acids is 2. The minimum absolute atomic E-state index is 0.0511. The van der Waals surface area contributed by atoms with E-state index in [-0.39, 0.29) is 17.7 Å². The number of nitrogens with zero attached hydrogens (tertiary/aromatic N) is 1. The van der Waals surface area contributed by atoms with Crippen LogP contribution in [-0.4, -0.2) is 29.8 Å². The van der Waals surface area contributed by atoms with E-state index in [1.54, 1.807) is 22.7 Å². The lowest BCUT2D eigenvalue weighted by Crippen LogP contribution is -2.40. The van der Waals surface area contributed by atoms with Crippen LogP contribution in [0, 0.1) is 5.92 Å². The molecule has 0 aliphatic carbocycles. The maximum Gasteiger partial charge on any atom is 0.265 e. The lowest BCUT2D eigenvalue weighted by Gasteiger charge is -2.31. The number of primary amides is 1. The molecule has 0 saturated carbocycles. The summed E-state index contributed by atoms with van der Waals surface area (Å²) in [5.74, 6) is -0.334. The first kappa shape index (κ1) is 20.2. The van der Waals surface area contributed by atoms with Crippen molar-refractivity contribution in [3.8, 4) is 0 Å². The summed E-state index contributed by atoms with van der Waals surface area (Å²) in [5, 5.41) is 4.23. The van der Waals surface area contributed by atoms with Gasteiger partial charge in [-0.15, -0.1) is 22.7 Å². The van der Waals surface area contributed by atoms with Crippen LogP contribution in [0.4, 0.5) is 5.69 Å². The molecule has 7 heteroatoms. The number of fused-ring (bicyclic) bond motifs is 3. The number of hydrogen-bond donors (Lipinski definition) is 2. The smallest absolute Gasteiger partial charge is 0.265 e. The van der Waals surface area contributed by atoms with Gasteiger partial charge in [0.1, 0.15) is 0 Å². The van der Waals surface area contributed by atoms with Gasteiger partial charge in [-0.2, -0.15) is 0 Å². The summed E-state index contributed by atoms with van der Waals surface area (Å²) < 4.78 is 3.58. The zero-order chi connectivity index (χ0) is 21.4. The summed E-state index contributed by atoms with van der Waals surface area (Å²) >= 11 is 3.27. The van der Waals surface area contributed by atoms with Crippen molar-refractivity contribution in [1.29, 1.82) is 0 Å². The highest BCUT2D eigenvalue weighted by Gasteiger charge is 2.23. The van der Waals surface area contributed by atoms with E-state index in [0.29, 0.717) is 0 Å². The van der Waals surface area contributed by atoms with E-state index in [1.807, 2.05) is 42.5 Å². The highest BCUT2D eigenvalue weighted by atomic mass is 32.1. The normalized spacial score (nSPS) is 17.2. The predicted molar refractivity (Wildman–Crippen MR) is 129 cm³/mol. The molecule has 4 aromatic rings. The molecule has 2 aromatic carbocycles. The maximum atomic E-state index is 12.8. The van der Waals surface area contributed by atoms with Crippen LogP contribution >= 0.6 is 22.7 Å². The summed E-state index contributed by atoms with van der Waals surface area (Å²) in [4.78, 5) is 27.2. The van der Waals surface area contributed by atoms with Gasteiger partial charge in [0, 0.05) is 33.6 Å². The molecule has 1 saturated heterocycles. The van der Waals surface area contributed by atoms with Crippen LogP contribution in [0.3, 0.4) is 0 Å². The minimum Gasteiger partial charge on any atom is -0.369 e.